The molecule has 0 saturated carbocycles. The summed E-state index contributed by atoms with van der Waals surface area (Å²) >= 11 is 0. The molecule has 1 rings (SSSR count). The SMILES string of the molecule is C=C[C@@H]1O[C@](C)(CO)[C@@H](O)C[C@H]1O[Si](C(C)C)(C(C)C)C(C)C. The zero-order valence-corrected chi connectivity index (χ0v) is 16.9. The minimum Gasteiger partial charge on any atom is -0.410 e. The Hall–Kier alpha value is -0.203. The van der Waals surface area contributed by atoms with Crippen molar-refractivity contribution in [2.75, 3.05) is 6.61 Å². The second kappa shape index (κ2) is 7.79. The maximum absolute atomic E-state index is 10.4. The number of rotatable bonds is 7. The Morgan fingerprint density at radius 3 is 2.04 bits per heavy atom. The van der Waals surface area contributed by atoms with Gasteiger partial charge in [-0.1, -0.05) is 47.6 Å². The highest BCUT2D eigenvalue weighted by molar-refractivity contribution is 6.77. The van der Waals surface area contributed by atoms with Crippen LogP contribution in [0.2, 0.25) is 16.6 Å². The van der Waals surface area contributed by atoms with Gasteiger partial charge in [0.2, 0.25) is 8.32 Å². The van der Waals surface area contributed by atoms with Crippen molar-refractivity contribution in [1.29, 1.82) is 0 Å². The van der Waals surface area contributed by atoms with Crippen LogP contribution in [0.25, 0.3) is 0 Å². The zero-order valence-electron chi connectivity index (χ0n) is 15.9. The lowest BCUT2D eigenvalue weighted by atomic mass is 9.89. The van der Waals surface area contributed by atoms with Gasteiger partial charge in [-0.25, -0.2) is 0 Å². The standard InChI is InChI=1S/C18H36O4Si/c1-9-15-16(10-17(20)18(8,11-19)21-15)22-23(12(2)3,13(4)5)14(6)7/h9,12-17,19-20H,1,10-11H2,2-8H3/t15-,16+,17-,18+/m0/s1. The van der Waals surface area contributed by atoms with Crippen LogP contribution in [0, 0.1) is 0 Å². The van der Waals surface area contributed by atoms with Gasteiger partial charge in [-0.15, -0.1) is 6.58 Å². The first kappa shape index (κ1) is 20.8. The molecule has 4 atom stereocenters. The van der Waals surface area contributed by atoms with Gasteiger partial charge in [-0.3, -0.25) is 0 Å². The first-order valence-corrected chi connectivity index (χ1v) is 11.0. The molecule has 4 nitrogen and oxygen atoms in total. The van der Waals surface area contributed by atoms with Crippen molar-refractivity contribution in [3.05, 3.63) is 12.7 Å². The Kier molecular flexibility index (Phi) is 7.05. The van der Waals surface area contributed by atoms with Crippen LogP contribution in [-0.2, 0) is 9.16 Å². The van der Waals surface area contributed by atoms with E-state index >= 15 is 0 Å². The van der Waals surface area contributed by atoms with Crippen molar-refractivity contribution in [3.8, 4) is 0 Å². The third kappa shape index (κ3) is 3.90. The quantitative estimate of drug-likeness (QED) is 0.547. The average Bonchev–Trinajstić information content (AvgIpc) is 2.46. The summed E-state index contributed by atoms with van der Waals surface area (Å²) in [5, 5.41) is 20.0. The van der Waals surface area contributed by atoms with Crippen LogP contribution in [0.4, 0.5) is 0 Å². The van der Waals surface area contributed by atoms with E-state index < -0.39 is 20.0 Å². The van der Waals surface area contributed by atoms with E-state index in [1.54, 1.807) is 13.0 Å². The highest BCUT2D eigenvalue weighted by atomic mass is 28.4. The molecule has 0 aromatic carbocycles. The molecule has 0 spiro atoms. The van der Waals surface area contributed by atoms with E-state index in [1.807, 2.05) is 0 Å². The lowest BCUT2D eigenvalue weighted by Crippen LogP contribution is -2.60. The van der Waals surface area contributed by atoms with E-state index in [2.05, 4.69) is 48.1 Å². The van der Waals surface area contributed by atoms with Crippen molar-refractivity contribution in [2.24, 2.45) is 0 Å². The second-order valence-electron chi connectivity index (χ2n) is 8.01. The molecule has 0 aromatic heterocycles. The number of hydrogen-bond acceptors (Lipinski definition) is 4. The Labute approximate surface area is 143 Å². The molecule has 1 saturated heterocycles. The minimum absolute atomic E-state index is 0.207. The molecular weight excluding hydrogens is 308 g/mol. The highest BCUT2D eigenvalue weighted by Gasteiger charge is 2.51. The molecule has 0 bridgehead atoms. The molecule has 1 aliphatic rings. The molecule has 136 valence electrons. The monoisotopic (exact) mass is 344 g/mol. The van der Waals surface area contributed by atoms with Crippen LogP contribution in [0.3, 0.4) is 0 Å². The molecule has 2 N–H and O–H groups in total. The first-order valence-electron chi connectivity index (χ1n) is 8.82. The van der Waals surface area contributed by atoms with Gasteiger partial charge in [-0.2, -0.15) is 0 Å². The van der Waals surface area contributed by atoms with Crippen LogP contribution >= 0.6 is 0 Å². The molecule has 0 unspecified atom stereocenters. The molecule has 23 heavy (non-hydrogen) atoms. The topological polar surface area (TPSA) is 58.9 Å². The Morgan fingerprint density at radius 2 is 1.70 bits per heavy atom. The van der Waals surface area contributed by atoms with E-state index in [0.717, 1.165) is 0 Å². The van der Waals surface area contributed by atoms with Crippen LogP contribution in [0.1, 0.15) is 54.9 Å². The molecule has 5 heteroatoms. The van der Waals surface area contributed by atoms with E-state index in [0.29, 0.717) is 23.0 Å². The number of aliphatic hydroxyl groups is 2. The number of ether oxygens (including phenoxy) is 1. The maximum atomic E-state index is 10.4. The van der Waals surface area contributed by atoms with Gasteiger partial charge in [-0.05, 0) is 23.5 Å². The third-order valence-electron chi connectivity index (χ3n) is 5.54. The van der Waals surface area contributed by atoms with E-state index in [4.69, 9.17) is 9.16 Å². The smallest absolute Gasteiger partial charge is 0.200 e. The van der Waals surface area contributed by atoms with Crippen molar-refractivity contribution >= 4 is 8.32 Å². The van der Waals surface area contributed by atoms with Crippen LogP contribution in [-0.4, -0.2) is 49.1 Å². The maximum Gasteiger partial charge on any atom is 0.200 e. The summed E-state index contributed by atoms with van der Waals surface area (Å²) in [5.41, 5.74) is 0.458. The average molecular weight is 345 g/mol. The van der Waals surface area contributed by atoms with Gasteiger partial charge >= 0.3 is 0 Å². The van der Waals surface area contributed by atoms with Gasteiger partial charge < -0.3 is 19.4 Å². The van der Waals surface area contributed by atoms with Crippen molar-refractivity contribution in [3.63, 3.8) is 0 Å². The summed E-state index contributed by atoms with van der Waals surface area (Å²) in [6, 6.07) is 0. The lowest BCUT2D eigenvalue weighted by Gasteiger charge is -2.50. The zero-order chi connectivity index (χ0) is 18.0. The molecule has 1 fully saturated rings. The van der Waals surface area contributed by atoms with Crippen LogP contribution < -0.4 is 0 Å². The molecule has 1 heterocycles. The van der Waals surface area contributed by atoms with Gasteiger partial charge in [0.1, 0.15) is 11.7 Å². The van der Waals surface area contributed by atoms with Crippen molar-refractivity contribution < 1.29 is 19.4 Å². The van der Waals surface area contributed by atoms with E-state index in [1.165, 1.54) is 0 Å². The summed E-state index contributed by atoms with van der Waals surface area (Å²) in [6.45, 7) is 18.9. The summed E-state index contributed by atoms with van der Waals surface area (Å²) < 4.78 is 12.7. The Balaban J connectivity index is 3.11. The van der Waals surface area contributed by atoms with E-state index in [-0.39, 0.29) is 18.8 Å². The predicted octanol–water partition coefficient (Wildman–Crippen LogP) is 3.63. The molecule has 0 aliphatic carbocycles. The fourth-order valence-electron chi connectivity index (χ4n) is 4.20. The predicted molar refractivity (Wildman–Crippen MR) is 97.1 cm³/mol. The molecular formula is C18H36O4Si. The number of aliphatic hydroxyl groups excluding tert-OH is 2. The molecule has 0 amide bonds. The van der Waals surface area contributed by atoms with Gasteiger partial charge in [0, 0.05) is 6.42 Å². The Morgan fingerprint density at radius 1 is 1.22 bits per heavy atom. The summed E-state index contributed by atoms with van der Waals surface area (Å²) in [6.07, 6.45) is 0.950. The summed E-state index contributed by atoms with van der Waals surface area (Å²) in [5.74, 6) is 0. The minimum atomic E-state index is -2.06. The number of hydrogen-bond donors (Lipinski definition) is 2. The normalized spacial score (nSPS) is 32.8. The highest BCUT2D eigenvalue weighted by Crippen LogP contribution is 2.45. The summed E-state index contributed by atoms with van der Waals surface area (Å²) in [7, 11) is -2.06. The first-order chi connectivity index (χ1) is 10.5. The van der Waals surface area contributed by atoms with Crippen molar-refractivity contribution in [1.82, 2.24) is 0 Å². The third-order valence-corrected chi connectivity index (χ3v) is 11.7. The lowest BCUT2D eigenvalue weighted by molar-refractivity contribution is -0.215. The van der Waals surface area contributed by atoms with Gasteiger partial charge in [0.15, 0.2) is 0 Å². The van der Waals surface area contributed by atoms with Gasteiger partial charge in [0.05, 0.1) is 18.8 Å². The molecule has 0 aromatic rings. The van der Waals surface area contributed by atoms with Crippen LogP contribution in [0.15, 0.2) is 12.7 Å². The van der Waals surface area contributed by atoms with Crippen molar-refractivity contribution in [2.45, 2.75) is 95.4 Å². The van der Waals surface area contributed by atoms with Gasteiger partial charge in [0.25, 0.3) is 0 Å². The molecule has 1 aliphatic heterocycles. The summed E-state index contributed by atoms with van der Waals surface area (Å²) in [4.78, 5) is 0. The fraction of sp³-hybridized carbons (Fsp3) is 0.889. The largest absolute Gasteiger partial charge is 0.410 e. The molecule has 0 radical (unpaired) electrons. The Bertz CT molecular complexity index is 375. The fourth-order valence-corrected chi connectivity index (χ4v) is 9.77. The van der Waals surface area contributed by atoms with Crippen LogP contribution in [0.5, 0.6) is 0 Å². The van der Waals surface area contributed by atoms with E-state index in [9.17, 15) is 10.2 Å². The second-order valence-corrected chi connectivity index (χ2v) is 13.4.